The van der Waals surface area contributed by atoms with Gasteiger partial charge in [-0.2, -0.15) is 0 Å². The number of hydrogen-bond donors (Lipinski definition) is 1. The highest BCUT2D eigenvalue weighted by Crippen LogP contribution is 2.43. The standard InChI is InChI=1S/C46H37N3S/c1-5-14-29(3)40(6-2)47-30(4)31-21-23-33(24-22-31)49-43-25-36-34-17-10-12-19-41(34)48(32-15-8-7-9-16-32)42(36)26-37(43)38-28-46-39(27-44(38)49)35-18-11-13-20-45(35)50-46/h5-28,30,47H,2H2,1,3-4H3/b14-5-,40-29+. The Morgan fingerprint density at radius 3 is 1.92 bits per heavy atom. The highest BCUT2D eigenvalue weighted by Gasteiger charge is 2.20. The SMILES string of the molecule is C=C/C(NC(C)c1ccc(-n2c3cc4c(cc3c3cc5c(cc32)c2ccccc2n5-c2ccccc2)sc2ccccc24)cc1)=C(C)\C=C/C. The van der Waals surface area contributed by atoms with Crippen molar-refractivity contribution < 1.29 is 0 Å². The molecule has 0 aliphatic heterocycles. The molecule has 9 rings (SSSR count). The number of thiophene rings is 1. The molecule has 9 aromatic rings. The predicted octanol–water partition coefficient (Wildman–Crippen LogP) is 12.9. The Hall–Kier alpha value is -5.84. The molecule has 0 saturated heterocycles. The third kappa shape index (κ3) is 4.71. The second-order valence-electron chi connectivity index (χ2n) is 13.1. The van der Waals surface area contributed by atoms with Gasteiger partial charge in [-0.05, 0) is 98.6 Å². The average molecular weight is 664 g/mol. The first-order chi connectivity index (χ1) is 24.5. The van der Waals surface area contributed by atoms with Crippen molar-refractivity contribution in [3.63, 3.8) is 0 Å². The number of rotatable bonds is 7. The van der Waals surface area contributed by atoms with E-state index in [0.29, 0.717) is 0 Å². The Morgan fingerprint density at radius 1 is 0.620 bits per heavy atom. The lowest BCUT2D eigenvalue weighted by molar-refractivity contribution is 0.662. The van der Waals surface area contributed by atoms with E-state index in [1.807, 2.05) is 24.3 Å². The van der Waals surface area contributed by atoms with Gasteiger partial charge in [-0.15, -0.1) is 11.3 Å². The van der Waals surface area contributed by atoms with Gasteiger partial charge < -0.3 is 14.5 Å². The van der Waals surface area contributed by atoms with Crippen LogP contribution in [0.4, 0.5) is 0 Å². The molecule has 0 saturated carbocycles. The maximum atomic E-state index is 4.05. The molecule has 0 amide bonds. The van der Waals surface area contributed by atoms with Crippen molar-refractivity contribution in [1.29, 1.82) is 0 Å². The summed E-state index contributed by atoms with van der Waals surface area (Å²) in [6, 6.07) is 47.2. The van der Waals surface area contributed by atoms with Crippen LogP contribution in [0.2, 0.25) is 0 Å². The number of hydrogen-bond acceptors (Lipinski definition) is 2. The van der Waals surface area contributed by atoms with Crippen molar-refractivity contribution in [1.82, 2.24) is 14.5 Å². The normalized spacial score (nSPS) is 13.3. The van der Waals surface area contributed by atoms with Crippen LogP contribution in [0.3, 0.4) is 0 Å². The van der Waals surface area contributed by atoms with Gasteiger partial charge in [-0.3, -0.25) is 0 Å². The van der Waals surface area contributed by atoms with Gasteiger partial charge in [-0.1, -0.05) is 85.5 Å². The third-order valence-electron chi connectivity index (χ3n) is 10.1. The van der Waals surface area contributed by atoms with Gasteiger partial charge in [0.05, 0.1) is 22.1 Å². The summed E-state index contributed by atoms with van der Waals surface area (Å²) >= 11 is 1.88. The molecule has 1 atom stereocenters. The first-order valence-corrected chi connectivity index (χ1v) is 18.1. The molecule has 0 aliphatic rings. The summed E-state index contributed by atoms with van der Waals surface area (Å²) in [6.45, 7) is 10.4. The van der Waals surface area contributed by atoms with Crippen molar-refractivity contribution >= 4 is 75.1 Å². The average Bonchev–Trinajstić information content (AvgIpc) is 3.79. The van der Waals surface area contributed by atoms with E-state index in [-0.39, 0.29) is 6.04 Å². The van der Waals surface area contributed by atoms with Gasteiger partial charge in [0, 0.05) is 64.8 Å². The Kier molecular flexibility index (Phi) is 7.22. The summed E-state index contributed by atoms with van der Waals surface area (Å²) in [5.74, 6) is 0. The number of nitrogens with zero attached hydrogens (tertiary/aromatic N) is 2. The van der Waals surface area contributed by atoms with Gasteiger partial charge in [0.25, 0.3) is 0 Å². The van der Waals surface area contributed by atoms with E-state index in [1.54, 1.807) is 0 Å². The molecule has 50 heavy (non-hydrogen) atoms. The van der Waals surface area contributed by atoms with Crippen molar-refractivity contribution in [2.75, 3.05) is 0 Å². The molecule has 0 aliphatic carbocycles. The van der Waals surface area contributed by atoms with E-state index >= 15 is 0 Å². The molecule has 1 N–H and O–H groups in total. The predicted molar refractivity (Wildman–Crippen MR) is 217 cm³/mol. The maximum absolute atomic E-state index is 4.05. The van der Waals surface area contributed by atoms with Gasteiger partial charge in [0.2, 0.25) is 0 Å². The molecule has 1 unspecified atom stereocenters. The fourth-order valence-electron chi connectivity index (χ4n) is 7.73. The third-order valence-corrected chi connectivity index (χ3v) is 11.3. The Bertz CT molecular complexity index is 2820. The maximum Gasteiger partial charge on any atom is 0.0548 e. The van der Waals surface area contributed by atoms with Gasteiger partial charge in [0.15, 0.2) is 0 Å². The number of allylic oxidation sites excluding steroid dienone is 4. The molecule has 3 heterocycles. The minimum Gasteiger partial charge on any atom is -0.378 e. The van der Waals surface area contributed by atoms with Crippen molar-refractivity contribution in [2.24, 2.45) is 0 Å². The van der Waals surface area contributed by atoms with Crippen LogP contribution in [-0.4, -0.2) is 9.13 Å². The van der Waals surface area contributed by atoms with Crippen molar-refractivity contribution in [3.05, 3.63) is 169 Å². The quantitative estimate of drug-likeness (QED) is 0.168. The summed E-state index contributed by atoms with van der Waals surface area (Å²) in [4.78, 5) is 0. The van der Waals surface area contributed by atoms with Crippen LogP contribution in [0.5, 0.6) is 0 Å². The van der Waals surface area contributed by atoms with Crippen LogP contribution in [-0.2, 0) is 0 Å². The zero-order chi connectivity index (χ0) is 33.9. The Balaban J connectivity index is 1.30. The second-order valence-corrected chi connectivity index (χ2v) is 14.2. The topological polar surface area (TPSA) is 21.9 Å². The molecule has 0 spiro atoms. The lowest BCUT2D eigenvalue weighted by Crippen LogP contribution is -2.18. The highest BCUT2D eigenvalue weighted by atomic mass is 32.1. The smallest absolute Gasteiger partial charge is 0.0548 e. The zero-order valence-electron chi connectivity index (χ0n) is 28.4. The lowest BCUT2D eigenvalue weighted by Gasteiger charge is -2.18. The molecule has 3 nitrogen and oxygen atoms in total. The highest BCUT2D eigenvalue weighted by molar-refractivity contribution is 7.25. The van der Waals surface area contributed by atoms with E-state index < -0.39 is 0 Å². The van der Waals surface area contributed by atoms with E-state index in [1.165, 1.54) is 80.6 Å². The van der Waals surface area contributed by atoms with Crippen LogP contribution >= 0.6 is 11.3 Å². The Morgan fingerprint density at radius 2 is 1.20 bits per heavy atom. The molecule has 242 valence electrons. The monoisotopic (exact) mass is 663 g/mol. The van der Waals surface area contributed by atoms with Gasteiger partial charge in [-0.25, -0.2) is 0 Å². The summed E-state index contributed by atoms with van der Waals surface area (Å²) < 4.78 is 7.52. The summed E-state index contributed by atoms with van der Waals surface area (Å²) in [6.07, 6.45) is 6.08. The number of para-hydroxylation sites is 2. The second kappa shape index (κ2) is 11.9. The summed E-state index contributed by atoms with van der Waals surface area (Å²) in [5.41, 5.74) is 10.6. The van der Waals surface area contributed by atoms with Crippen LogP contribution in [0.25, 0.3) is 75.2 Å². The van der Waals surface area contributed by atoms with E-state index in [9.17, 15) is 0 Å². The first-order valence-electron chi connectivity index (χ1n) is 17.2. The molecule has 3 aromatic heterocycles. The number of benzene rings is 6. The molecular weight excluding hydrogens is 627 g/mol. The Labute approximate surface area is 295 Å². The molecule has 0 fully saturated rings. The lowest BCUT2D eigenvalue weighted by atomic mass is 10.1. The molecular formula is C46H37N3S. The van der Waals surface area contributed by atoms with Gasteiger partial charge >= 0.3 is 0 Å². The van der Waals surface area contributed by atoms with Crippen molar-refractivity contribution in [2.45, 2.75) is 26.8 Å². The van der Waals surface area contributed by atoms with E-state index in [4.69, 9.17) is 0 Å². The zero-order valence-corrected chi connectivity index (χ0v) is 29.3. The fraction of sp³-hybridized carbons (Fsp3) is 0.0870. The number of aromatic nitrogens is 2. The summed E-state index contributed by atoms with van der Waals surface area (Å²) in [7, 11) is 0. The van der Waals surface area contributed by atoms with Gasteiger partial charge in [0.1, 0.15) is 0 Å². The van der Waals surface area contributed by atoms with Crippen LogP contribution < -0.4 is 5.32 Å². The van der Waals surface area contributed by atoms with E-state index in [2.05, 4.69) is 174 Å². The number of fused-ring (bicyclic) bond motifs is 9. The van der Waals surface area contributed by atoms with Crippen LogP contribution in [0.15, 0.2) is 163 Å². The fourth-order valence-corrected chi connectivity index (χ4v) is 8.86. The minimum absolute atomic E-state index is 0.121. The van der Waals surface area contributed by atoms with Crippen LogP contribution in [0, 0.1) is 0 Å². The van der Waals surface area contributed by atoms with Crippen molar-refractivity contribution in [3.8, 4) is 11.4 Å². The first kappa shape index (κ1) is 30.2. The molecule has 4 heteroatoms. The molecule has 0 radical (unpaired) electrons. The molecule has 6 aromatic carbocycles. The largest absolute Gasteiger partial charge is 0.378 e. The number of nitrogens with one attached hydrogen (secondary N) is 1. The summed E-state index contributed by atoms with van der Waals surface area (Å²) in [5, 5.41) is 11.3. The molecule has 0 bridgehead atoms. The van der Waals surface area contributed by atoms with Crippen LogP contribution in [0.1, 0.15) is 32.4 Å². The minimum atomic E-state index is 0.121. The van der Waals surface area contributed by atoms with E-state index in [0.717, 1.165) is 11.4 Å².